The zero-order chi connectivity index (χ0) is 17.7. The van der Waals surface area contributed by atoms with Crippen LogP contribution in [-0.2, 0) is 13.3 Å². The van der Waals surface area contributed by atoms with Gasteiger partial charge in [0.15, 0.2) is 0 Å². The quantitative estimate of drug-likeness (QED) is 0.460. The summed E-state index contributed by atoms with van der Waals surface area (Å²) in [6, 6.07) is 5.35. The highest BCUT2D eigenvalue weighted by molar-refractivity contribution is 6.60. The van der Waals surface area contributed by atoms with E-state index < -0.39 is 8.80 Å². The van der Waals surface area contributed by atoms with Gasteiger partial charge >= 0.3 is 8.80 Å². The number of halogens is 1. The fourth-order valence-corrected chi connectivity index (χ4v) is 5.27. The molecule has 5 nitrogen and oxygen atoms in total. The van der Waals surface area contributed by atoms with Crippen LogP contribution in [-0.4, -0.2) is 65.6 Å². The molecule has 1 heterocycles. The monoisotopic (exact) mass is 386 g/mol. The van der Waals surface area contributed by atoms with E-state index in [-0.39, 0.29) is 12.4 Å². The van der Waals surface area contributed by atoms with Crippen molar-refractivity contribution in [1.29, 1.82) is 0 Å². The summed E-state index contributed by atoms with van der Waals surface area (Å²) < 4.78 is 18.8. The van der Waals surface area contributed by atoms with E-state index in [1.165, 1.54) is 22.4 Å². The van der Waals surface area contributed by atoms with Crippen molar-refractivity contribution in [1.82, 2.24) is 4.90 Å². The molecule has 0 saturated carbocycles. The number of rotatable bonds is 8. The van der Waals surface area contributed by atoms with E-state index in [9.17, 15) is 0 Å². The average molecular weight is 387 g/mol. The SMILES string of the molecule is CO[Si](CCCN1C=[N+](c2c(C)cc(C)cc2C)CC1)(OC)OC.[Cl-]. The lowest BCUT2D eigenvalue weighted by Crippen LogP contribution is -3.00. The number of aryl methyl sites for hydroxylation is 3. The van der Waals surface area contributed by atoms with Gasteiger partial charge in [-0.15, -0.1) is 0 Å². The molecule has 0 radical (unpaired) electrons. The number of benzene rings is 1. The van der Waals surface area contributed by atoms with Crippen LogP contribution in [0.3, 0.4) is 0 Å². The Balaban J connectivity index is 0.00000312. The van der Waals surface area contributed by atoms with Crippen LogP contribution in [0.25, 0.3) is 0 Å². The van der Waals surface area contributed by atoms with Gasteiger partial charge in [-0.05, 0) is 38.3 Å². The maximum Gasteiger partial charge on any atom is 0.500 e. The predicted octanol–water partition coefficient (Wildman–Crippen LogP) is -0.128. The Labute approximate surface area is 159 Å². The van der Waals surface area contributed by atoms with Gasteiger partial charge in [0.1, 0.15) is 18.8 Å². The van der Waals surface area contributed by atoms with Crippen LogP contribution < -0.4 is 12.4 Å². The van der Waals surface area contributed by atoms with Crippen LogP contribution in [0.5, 0.6) is 0 Å². The van der Waals surface area contributed by atoms with Crippen LogP contribution >= 0.6 is 0 Å². The summed E-state index contributed by atoms with van der Waals surface area (Å²) in [5, 5.41) is 0. The van der Waals surface area contributed by atoms with E-state index in [4.69, 9.17) is 13.3 Å². The minimum atomic E-state index is -2.45. The van der Waals surface area contributed by atoms with Crippen molar-refractivity contribution < 1.29 is 30.3 Å². The molecule has 142 valence electrons. The molecular weight excluding hydrogens is 356 g/mol. The van der Waals surface area contributed by atoms with Gasteiger partial charge in [-0.2, -0.15) is 0 Å². The van der Waals surface area contributed by atoms with Gasteiger partial charge in [-0.1, -0.05) is 17.7 Å². The first-order valence-corrected chi connectivity index (χ1v) is 10.5. The standard InChI is InChI=1S/C18H31N2O3Si.ClH/c1-15-12-16(2)18(17(3)13-15)20-10-9-19(14-20)8-7-11-24(21-4,22-5)23-6;/h12-14H,7-11H2,1-6H3;1H/q+1;/p-1. The molecule has 25 heavy (non-hydrogen) atoms. The second-order valence-electron chi connectivity index (χ2n) is 6.49. The molecule has 0 aromatic heterocycles. The minimum Gasteiger partial charge on any atom is -1.00 e. The molecule has 0 N–H and O–H groups in total. The maximum absolute atomic E-state index is 5.49. The van der Waals surface area contributed by atoms with Crippen molar-refractivity contribution in [3.63, 3.8) is 0 Å². The first-order chi connectivity index (χ1) is 11.4. The highest BCUT2D eigenvalue weighted by Gasteiger charge is 2.37. The normalized spacial score (nSPS) is 14.5. The minimum absolute atomic E-state index is 0. The lowest BCUT2D eigenvalue weighted by Gasteiger charge is -2.24. The van der Waals surface area contributed by atoms with E-state index >= 15 is 0 Å². The predicted molar refractivity (Wildman–Crippen MR) is 99.3 cm³/mol. The lowest BCUT2D eigenvalue weighted by molar-refractivity contribution is -0.425. The average Bonchev–Trinajstić information content (AvgIpc) is 2.99. The summed E-state index contributed by atoms with van der Waals surface area (Å²) in [6.45, 7) is 9.62. The van der Waals surface area contributed by atoms with Crippen LogP contribution in [0.15, 0.2) is 12.1 Å². The van der Waals surface area contributed by atoms with Gasteiger partial charge in [0, 0.05) is 27.4 Å². The third-order valence-corrected chi connectivity index (χ3v) is 7.55. The summed E-state index contributed by atoms with van der Waals surface area (Å²) in [5.74, 6) is 0. The van der Waals surface area contributed by atoms with Crippen molar-refractivity contribution in [3.05, 3.63) is 28.8 Å². The third-order valence-electron chi connectivity index (χ3n) is 4.71. The Kier molecular flexibility index (Phi) is 8.57. The number of nitrogens with zero attached hydrogens (tertiary/aromatic N) is 2. The Morgan fingerprint density at radius 1 is 1.04 bits per heavy atom. The maximum atomic E-state index is 5.49. The molecule has 0 saturated heterocycles. The van der Waals surface area contributed by atoms with E-state index in [1.54, 1.807) is 21.3 Å². The van der Waals surface area contributed by atoms with Crippen LogP contribution in [0.1, 0.15) is 23.1 Å². The largest absolute Gasteiger partial charge is 1.00 e. The van der Waals surface area contributed by atoms with Crippen LogP contribution in [0.2, 0.25) is 6.04 Å². The molecule has 0 spiro atoms. The molecule has 0 atom stereocenters. The summed E-state index contributed by atoms with van der Waals surface area (Å²) in [5.41, 5.74) is 5.35. The molecule has 0 aliphatic carbocycles. The summed E-state index contributed by atoms with van der Waals surface area (Å²) in [4.78, 5) is 2.37. The van der Waals surface area contributed by atoms with Gasteiger partial charge in [0.05, 0.1) is 6.54 Å². The van der Waals surface area contributed by atoms with Crippen molar-refractivity contribution >= 4 is 20.8 Å². The van der Waals surface area contributed by atoms with Gasteiger partial charge in [0.2, 0.25) is 6.34 Å². The lowest BCUT2D eigenvalue weighted by atomic mass is 10.0. The van der Waals surface area contributed by atoms with Crippen molar-refractivity contribution in [2.75, 3.05) is 41.0 Å². The number of hydrogen-bond acceptors (Lipinski definition) is 4. The van der Waals surface area contributed by atoms with Crippen LogP contribution in [0.4, 0.5) is 5.69 Å². The smallest absolute Gasteiger partial charge is 0.500 e. The summed E-state index contributed by atoms with van der Waals surface area (Å²) in [6.07, 6.45) is 3.25. The topological polar surface area (TPSA) is 33.9 Å². The van der Waals surface area contributed by atoms with E-state index in [0.717, 1.165) is 32.1 Å². The van der Waals surface area contributed by atoms with Gasteiger partial charge < -0.3 is 25.7 Å². The molecule has 1 aromatic carbocycles. The fraction of sp³-hybridized carbons (Fsp3) is 0.611. The Morgan fingerprint density at radius 3 is 2.12 bits per heavy atom. The van der Waals surface area contributed by atoms with Crippen LogP contribution in [0, 0.1) is 20.8 Å². The number of hydrogen-bond donors (Lipinski definition) is 0. The molecule has 1 aliphatic rings. The molecule has 1 aromatic rings. The fourth-order valence-electron chi connectivity index (χ4n) is 3.57. The second kappa shape index (κ2) is 9.69. The molecule has 0 unspecified atom stereocenters. The van der Waals surface area contributed by atoms with E-state index in [0.29, 0.717) is 0 Å². The van der Waals surface area contributed by atoms with Crippen molar-refractivity contribution in [2.24, 2.45) is 0 Å². The first kappa shape index (κ1) is 22.1. The van der Waals surface area contributed by atoms with Crippen molar-refractivity contribution in [2.45, 2.75) is 33.2 Å². The Bertz CT molecular complexity index is 575. The third kappa shape index (κ3) is 5.28. The molecule has 7 heteroatoms. The Hall–Kier alpha value is -0.923. The van der Waals surface area contributed by atoms with Gasteiger partial charge in [-0.3, -0.25) is 4.90 Å². The molecular formula is C18H31ClN2O3Si. The van der Waals surface area contributed by atoms with Gasteiger partial charge in [-0.25, -0.2) is 4.58 Å². The molecule has 0 fully saturated rings. The molecule has 2 rings (SSSR count). The second-order valence-corrected chi connectivity index (χ2v) is 9.58. The Morgan fingerprint density at radius 2 is 1.60 bits per heavy atom. The molecule has 1 aliphatic heterocycles. The first-order valence-electron chi connectivity index (χ1n) is 8.53. The molecule has 0 bridgehead atoms. The summed E-state index contributed by atoms with van der Waals surface area (Å²) >= 11 is 0. The zero-order valence-corrected chi connectivity index (χ0v) is 18.0. The zero-order valence-electron chi connectivity index (χ0n) is 16.3. The highest BCUT2D eigenvalue weighted by Crippen LogP contribution is 2.26. The summed E-state index contributed by atoms with van der Waals surface area (Å²) in [7, 11) is 2.57. The van der Waals surface area contributed by atoms with E-state index in [2.05, 4.69) is 48.7 Å². The van der Waals surface area contributed by atoms with Crippen molar-refractivity contribution in [3.8, 4) is 0 Å². The molecule has 0 amide bonds. The van der Waals surface area contributed by atoms with Gasteiger partial charge in [0.25, 0.3) is 0 Å². The highest BCUT2D eigenvalue weighted by atomic mass is 35.5. The van der Waals surface area contributed by atoms with E-state index in [1.807, 2.05) is 0 Å².